The Labute approximate surface area is 288 Å². The van der Waals surface area contributed by atoms with Crippen molar-refractivity contribution in [3.8, 4) is 11.1 Å². The topological polar surface area (TPSA) is 80.7 Å². The maximum Gasteiger partial charge on any atom is 0.251 e. The molecule has 1 amide bonds. The van der Waals surface area contributed by atoms with Gasteiger partial charge in [-0.15, -0.1) is 11.3 Å². The molecule has 0 bridgehead atoms. The molecule has 5 aromatic carbocycles. The fourth-order valence-electron chi connectivity index (χ4n) is 5.94. The van der Waals surface area contributed by atoms with Gasteiger partial charge in [-0.05, 0) is 58.1 Å². The van der Waals surface area contributed by atoms with Gasteiger partial charge in [0.1, 0.15) is 0 Å². The highest BCUT2D eigenvalue weighted by atomic mass is 32.2. The number of aliphatic hydroxyl groups excluding tert-OH is 1. The van der Waals surface area contributed by atoms with Gasteiger partial charge in [0, 0.05) is 29.3 Å². The average molecular weight is 673 g/mol. The first-order valence-corrected chi connectivity index (χ1v) is 17.9. The van der Waals surface area contributed by atoms with Crippen LogP contribution in [0.25, 0.3) is 21.3 Å². The van der Waals surface area contributed by atoms with E-state index in [4.69, 9.17) is 14.5 Å². The molecule has 0 aliphatic carbocycles. The third-order valence-corrected chi connectivity index (χ3v) is 11.0. The Morgan fingerprint density at radius 3 is 2.33 bits per heavy atom. The molecule has 242 valence electrons. The van der Waals surface area contributed by atoms with Gasteiger partial charge in [0.15, 0.2) is 10.6 Å². The first kappa shape index (κ1) is 32.2. The summed E-state index contributed by atoms with van der Waals surface area (Å²) in [6.45, 7) is 2.63. The highest BCUT2D eigenvalue weighted by Crippen LogP contribution is 2.43. The lowest BCUT2D eigenvalue weighted by Gasteiger charge is -2.41. The molecule has 0 saturated carbocycles. The predicted molar refractivity (Wildman–Crippen MR) is 193 cm³/mol. The summed E-state index contributed by atoms with van der Waals surface area (Å²) in [5, 5.41) is 12.6. The van der Waals surface area contributed by atoms with Crippen molar-refractivity contribution in [3.05, 3.63) is 155 Å². The normalized spacial score (nSPS) is 19.3. The van der Waals surface area contributed by atoms with E-state index >= 15 is 0 Å². The number of rotatable bonds is 10. The van der Waals surface area contributed by atoms with Crippen LogP contribution in [0.15, 0.2) is 132 Å². The summed E-state index contributed by atoms with van der Waals surface area (Å²) in [4.78, 5) is 17.4. The molecule has 1 saturated heterocycles. The largest absolute Gasteiger partial charge is 0.392 e. The van der Waals surface area contributed by atoms with E-state index < -0.39 is 6.29 Å². The van der Waals surface area contributed by atoms with E-state index in [0.29, 0.717) is 12.1 Å². The van der Waals surface area contributed by atoms with Gasteiger partial charge in [0.05, 0.1) is 29.0 Å². The van der Waals surface area contributed by atoms with Crippen LogP contribution in [0.3, 0.4) is 0 Å². The summed E-state index contributed by atoms with van der Waals surface area (Å²) in [6, 6.07) is 42.0. The summed E-state index contributed by atoms with van der Waals surface area (Å²) in [5.41, 5.74) is 7.71. The maximum absolute atomic E-state index is 12.5. The molecular formula is C40H36N2O4S2. The van der Waals surface area contributed by atoms with Crippen molar-refractivity contribution in [1.82, 2.24) is 10.3 Å². The molecule has 2 heterocycles. The number of aliphatic hydroxyl groups is 1. The Morgan fingerprint density at radius 2 is 1.56 bits per heavy atom. The minimum Gasteiger partial charge on any atom is -0.392 e. The lowest BCUT2D eigenvalue weighted by molar-refractivity contribution is -0.268. The number of carbonyl (C=O) groups excluding carboxylic acids is 1. The number of fused-ring (bicyclic) bond motifs is 1. The Kier molecular flexibility index (Phi) is 9.98. The number of thioether (sulfide) groups is 1. The molecule has 0 unspecified atom stereocenters. The standard InChI is InChI=1S/C40H36N2O4S2/c1-26-35(25-47-40-42-34-12-5-6-13-36(34)48-40)45-39(46-37(26)30-16-14-27(24-43)15-17-30)32-20-18-29(19-21-32)33-11-7-8-28(22-33)23-41-38(44)31-9-3-2-4-10-31/h2-22,26,35,37,39,43H,23-25H2,1H3,(H,41,44)/t26-,35+,37+,39+/m0/s1. The van der Waals surface area contributed by atoms with Crippen LogP contribution in [-0.2, 0) is 22.6 Å². The summed E-state index contributed by atoms with van der Waals surface area (Å²) in [6.07, 6.45) is -0.802. The zero-order valence-corrected chi connectivity index (χ0v) is 28.1. The molecule has 8 heteroatoms. The van der Waals surface area contributed by atoms with E-state index in [1.807, 2.05) is 78.9 Å². The van der Waals surface area contributed by atoms with Crippen LogP contribution < -0.4 is 5.32 Å². The van der Waals surface area contributed by atoms with Crippen molar-refractivity contribution in [1.29, 1.82) is 0 Å². The highest BCUT2D eigenvalue weighted by molar-refractivity contribution is 8.01. The molecule has 0 spiro atoms. The number of aromatic nitrogens is 1. The number of ether oxygens (including phenoxy) is 2. The SMILES string of the molecule is C[C@H]1[C@@H](CSc2nc3ccccc3s2)O[C@@H](c2ccc(-c3cccc(CNC(=O)c4ccccc4)c3)cc2)O[C@H]1c1ccc(CO)cc1. The van der Waals surface area contributed by atoms with Gasteiger partial charge >= 0.3 is 0 Å². The van der Waals surface area contributed by atoms with Gasteiger partial charge in [0.2, 0.25) is 0 Å². The minimum absolute atomic E-state index is 0.00606. The number of carbonyl (C=O) groups is 1. The van der Waals surface area contributed by atoms with E-state index in [9.17, 15) is 9.90 Å². The van der Waals surface area contributed by atoms with Gasteiger partial charge in [-0.1, -0.05) is 116 Å². The number of hydrogen-bond donors (Lipinski definition) is 2. The van der Waals surface area contributed by atoms with E-state index in [1.165, 1.54) is 4.70 Å². The van der Waals surface area contributed by atoms with Gasteiger partial charge in [0.25, 0.3) is 5.91 Å². The predicted octanol–water partition coefficient (Wildman–Crippen LogP) is 8.97. The second-order valence-corrected chi connectivity index (χ2v) is 14.2. The van der Waals surface area contributed by atoms with Crippen LogP contribution in [0.4, 0.5) is 0 Å². The lowest BCUT2D eigenvalue weighted by atomic mass is 9.91. The van der Waals surface area contributed by atoms with Gasteiger partial charge in [-0.2, -0.15) is 0 Å². The third-order valence-electron chi connectivity index (χ3n) is 8.70. The number of benzene rings is 5. The Hall–Kier alpha value is -4.31. The zero-order valence-electron chi connectivity index (χ0n) is 26.5. The summed E-state index contributed by atoms with van der Waals surface area (Å²) >= 11 is 3.44. The van der Waals surface area contributed by atoms with Crippen molar-refractivity contribution >= 4 is 39.2 Å². The molecule has 7 rings (SSSR count). The van der Waals surface area contributed by atoms with E-state index in [0.717, 1.165) is 49.0 Å². The summed E-state index contributed by atoms with van der Waals surface area (Å²) < 4.78 is 15.6. The fourth-order valence-corrected chi connectivity index (χ4v) is 8.20. The van der Waals surface area contributed by atoms with Gasteiger partial charge in [-0.3, -0.25) is 4.79 Å². The minimum atomic E-state index is -0.543. The van der Waals surface area contributed by atoms with E-state index in [-0.39, 0.29) is 30.6 Å². The van der Waals surface area contributed by atoms with Gasteiger partial charge in [-0.25, -0.2) is 4.98 Å². The zero-order chi connectivity index (χ0) is 32.9. The molecule has 6 nitrogen and oxygen atoms in total. The number of hydrogen-bond acceptors (Lipinski definition) is 7. The monoisotopic (exact) mass is 672 g/mol. The highest BCUT2D eigenvalue weighted by Gasteiger charge is 2.38. The molecule has 1 aromatic heterocycles. The molecule has 2 N–H and O–H groups in total. The van der Waals surface area contributed by atoms with Crippen molar-refractivity contribution < 1.29 is 19.4 Å². The summed E-state index contributed by atoms with van der Waals surface area (Å²) in [7, 11) is 0. The molecule has 4 atom stereocenters. The fraction of sp³-hybridized carbons (Fsp3) is 0.200. The number of nitrogens with zero attached hydrogens (tertiary/aromatic N) is 1. The van der Waals surface area contributed by atoms with Crippen molar-refractivity contribution in [2.75, 3.05) is 5.75 Å². The molecule has 1 aliphatic rings. The van der Waals surface area contributed by atoms with Crippen LogP contribution >= 0.6 is 23.1 Å². The Bertz CT molecular complexity index is 1950. The van der Waals surface area contributed by atoms with Crippen LogP contribution in [0.2, 0.25) is 0 Å². The quantitative estimate of drug-likeness (QED) is 0.142. The van der Waals surface area contributed by atoms with Crippen LogP contribution in [0.5, 0.6) is 0 Å². The van der Waals surface area contributed by atoms with Crippen LogP contribution in [0, 0.1) is 5.92 Å². The number of para-hydroxylation sites is 1. The molecule has 6 aromatic rings. The lowest BCUT2D eigenvalue weighted by Crippen LogP contribution is -2.38. The van der Waals surface area contributed by atoms with Crippen LogP contribution in [0.1, 0.15) is 51.9 Å². The second kappa shape index (κ2) is 14.8. The van der Waals surface area contributed by atoms with Crippen molar-refractivity contribution in [3.63, 3.8) is 0 Å². The Balaban J connectivity index is 1.08. The van der Waals surface area contributed by atoms with Gasteiger partial charge < -0.3 is 19.9 Å². The maximum atomic E-state index is 12.5. The first-order valence-electron chi connectivity index (χ1n) is 16.1. The molecule has 48 heavy (non-hydrogen) atoms. The van der Waals surface area contributed by atoms with E-state index in [1.54, 1.807) is 23.1 Å². The smallest absolute Gasteiger partial charge is 0.251 e. The second-order valence-electron chi connectivity index (χ2n) is 12.0. The van der Waals surface area contributed by atoms with E-state index in [2.05, 4.69) is 60.8 Å². The molecular weight excluding hydrogens is 637 g/mol. The first-order chi connectivity index (χ1) is 23.5. The number of amides is 1. The van der Waals surface area contributed by atoms with Crippen molar-refractivity contribution in [2.24, 2.45) is 5.92 Å². The average Bonchev–Trinajstić information content (AvgIpc) is 3.57. The molecule has 0 radical (unpaired) electrons. The summed E-state index contributed by atoms with van der Waals surface area (Å²) in [5.74, 6) is 0.747. The van der Waals surface area contributed by atoms with Crippen LogP contribution in [-0.4, -0.2) is 27.9 Å². The number of thiazole rings is 1. The molecule has 1 aliphatic heterocycles. The molecule has 1 fully saturated rings. The third kappa shape index (κ3) is 7.38. The van der Waals surface area contributed by atoms with Crippen molar-refractivity contribution in [2.45, 2.75) is 42.9 Å². The number of nitrogens with one attached hydrogen (secondary N) is 1. The Morgan fingerprint density at radius 1 is 0.812 bits per heavy atom.